The van der Waals surface area contributed by atoms with Crippen LogP contribution in [0.15, 0.2) is 29.8 Å². The van der Waals surface area contributed by atoms with E-state index in [1.54, 1.807) is 13.8 Å². The minimum atomic E-state index is -0.157. The molecule has 0 saturated carbocycles. The van der Waals surface area contributed by atoms with E-state index in [0.29, 0.717) is 11.4 Å². The molecule has 2 heteroatoms. The summed E-state index contributed by atoms with van der Waals surface area (Å²) < 4.78 is 0. The van der Waals surface area contributed by atoms with Crippen LogP contribution in [0.1, 0.15) is 31.9 Å². The van der Waals surface area contributed by atoms with Crippen molar-refractivity contribution in [3.05, 3.63) is 41.0 Å². The quantitative estimate of drug-likeness (QED) is 0.729. The molecule has 0 bridgehead atoms. The van der Waals surface area contributed by atoms with Crippen molar-refractivity contribution >= 4 is 17.5 Å². The van der Waals surface area contributed by atoms with Gasteiger partial charge >= 0.3 is 0 Å². The van der Waals surface area contributed by atoms with Crippen LogP contribution in [0, 0.1) is 23.7 Å². The number of benzene rings is 1. The first kappa shape index (κ1) is 13.4. The van der Waals surface area contributed by atoms with E-state index >= 15 is 0 Å². The standard InChI is InChI=1S/C15H20N2/c1-10-6-5-7-14(8-10)9-11(2)15(12(3)16)13(4)17/h5-9,15-17H,1-4H3/b11-9+,16-12?,17-13?. The second kappa shape index (κ2) is 5.58. The van der Waals surface area contributed by atoms with E-state index in [-0.39, 0.29) is 5.92 Å². The second-order valence-corrected chi connectivity index (χ2v) is 4.60. The van der Waals surface area contributed by atoms with Crippen LogP contribution in [0.4, 0.5) is 0 Å². The molecule has 0 atom stereocenters. The molecular weight excluding hydrogens is 208 g/mol. The first-order valence-electron chi connectivity index (χ1n) is 5.76. The summed E-state index contributed by atoms with van der Waals surface area (Å²) in [6.45, 7) is 7.57. The third-order valence-corrected chi connectivity index (χ3v) is 2.76. The second-order valence-electron chi connectivity index (χ2n) is 4.60. The SMILES string of the molecule is CC(=N)C(C(C)=N)/C(C)=C/c1cccc(C)c1. The Balaban J connectivity index is 3.06. The van der Waals surface area contributed by atoms with Crippen molar-refractivity contribution in [2.75, 3.05) is 0 Å². The minimum Gasteiger partial charge on any atom is -0.309 e. The Morgan fingerprint density at radius 2 is 1.71 bits per heavy atom. The molecular formula is C15H20N2. The Bertz CT molecular complexity index is 456. The van der Waals surface area contributed by atoms with E-state index in [1.165, 1.54) is 5.56 Å². The molecule has 1 rings (SSSR count). The molecule has 0 radical (unpaired) electrons. The Morgan fingerprint density at radius 3 is 2.18 bits per heavy atom. The van der Waals surface area contributed by atoms with Crippen molar-refractivity contribution in [3.8, 4) is 0 Å². The minimum absolute atomic E-state index is 0.157. The summed E-state index contributed by atoms with van der Waals surface area (Å²) in [7, 11) is 0. The molecule has 0 aliphatic heterocycles. The lowest BCUT2D eigenvalue weighted by Gasteiger charge is -2.15. The van der Waals surface area contributed by atoms with Gasteiger partial charge in [-0.25, -0.2) is 0 Å². The van der Waals surface area contributed by atoms with Gasteiger partial charge in [0.05, 0.1) is 5.92 Å². The first-order valence-corrected chi connectivity index (χ1v) is 5.76. The molecule has 0 heterocycles. The zero-order valence-electron chi connectivity index (χ0n) is 11.0. The van der Waals surface area contributed by atoms with E-state index in [1.807, 2.05) is 19.1 Å². The van der Waals surface area contributed by atoms with E-state index < -0.39 is 0 Å². The molecule has 1 aromatic carbocycles. The number of rotatable bonds is 4. The molecule has 0 aliphatic carbocycles. The Labute approximate surface area is 103 Å². The van der Waals surface area contributed by atoms with Gasteiger partial charge in [-0.3, -0.25) is 0 Å². The lowest BCUT2D eigenvalue weighted by Crippen LogP contribution is -2.19. The van der Waals surface area contributed by atoms with Crippen LogP contribution in [-0.2, 0) is 0 Å². The van der Waals surface area contributed by atoms with Gasteiger partial charge in [0.15, 0.2) is 0 Å². The number of hydrogen-bond acceptors (Lipinski definition) is 2. The van der Waals surface area contributed by atoms with Crippen molar-refractivity contribution in [3.63, 3.8) is 0 Å². The van der Waals surface area contributed by atoms with Gasteiger partial charge in [-0.15, -0.1) is 0 Å². The average Bonchev–Trinajstić information content (AvgIpc) is 2.15. The van der Waals surface area contributed by atoms with Gasteiger partial charge in [0.2, 0.25) is 0 Å². The summed E-state index contributed by atoms with van der Waals surface area (Å²) in [6.07, 6.45) is 2.06. The van der Waals surface area contributed by atoms with E-state index in [0.717, 1.165) is 11.1 Å². The van der Waals surface area contributed by atoms with Gasteiger partial charge in [-0.05, 0) is 33.3 Å². The molecule has 0 saturated heterocycles. The molecule has 2 N–H and O–H groups in total. The number of aryl methyl sites for hydroxylation is 1. The molecule has 0 spiro atoms. The zero-order chi connectivity index (χ0) is 13.0. The highest BCUT2D eigenvalue weighted by Gasteiger charge is 2.15. The lowest BCUT2D eigenvalue weighted by molar-refractivity contribution is 1.04. The molecule has 90 valence electrons. The van der Waals surface area contributed by atoms with Crippen LogP contribution in [-0.4, -0.2) is 11.4 Å². The molecule has 0 aliphatic rings. The molecule has 1 aromatic rings. The highest BCUT2D eigenvalue weighted by Crippen LogP contribution is 2.18. The number of nitrogens with one attached hydrogen (secondary N) is 2. The Morgan fingerprint density at radius 1 is 1.12 bits per heavy atom. The summed E-state index contributed by atoms with van der Waals surface area (Å²) in [6, 6.07) is 8.25. The summed E-state index contributed by atoms with van der Waals surface area (Å²) in [5.41, 5.74) is 4.46. The molecule has 0 unspecified atom stereocenters. The Hall–Kier alpha value is -1.70. The smallest absolute Gasteiger partial charge is 0.0547 e. The molecule has 0 fully saturated rings. The molecule has 2 nitrogen and oxygen atoms in total. The van der Waals surface area contributed by atoms with Crippen molar-refractivity contribution in [1.82, 2.24) is 0 Å². The van der Waals surface area contributed by atoms with Crippen LogP contribution >= 0.6 is 0 Å². The largest absolute Gasteiger partial charge is 0.309 e. The van der Waals surface area contributed by atoms with Crippen LogP contribution in [0.2, 0.25) is 0 Å². The van der Waals surface area contributed by atoms with Crippen molar-refractivity contribution in [1.29, 1.82) is 10.8 Å². The maximum absolute atomic E-state index is 7.74. The summed E-state index contributed by atoms with van der Waals surface area (Å²) in [4.78, 5) is 0. The van der Waals surface area contributed by atoms with Crippen LogP contribution in [0.3, 0.4) is 0 Å². The van der Waals surface area contributed by atoms with Crippen molar-refractivity contribution < 1.29 is 0 Å². The van der Waals surface area contributed by atoms with E-state index in [4.69, 9.17) is 10.8 Å². The van der Waals surface area contributed by atoms with Gasteiger partial charge < -0.3 is 10.8 Å². The summed E-state index contributed by atoms with van der Waals surface area (Å²) in [5.74, 6) is -0.157. The predicted octanol–water partition coefficient (Wildman–Crippen LogP) is 4.09. The topological polar surface area (TPSA) is 47.7 Å². The monoisotopic (exact) mass is 228 g/mol. The molecule has 0 amide bonds. The van der Waals surface area contributed by atoms with E-state index in [9.17, 15) is 0 Å². The van der Waals surface area contributed by atoms with Gasteiger partial charge in [0, 0.05) is 11.4 Å². The maximum Gasteiger partial charge on any atom is 0.0547 e. The summed E-state index contributed by atoms with van der Waals surface area (Å²) >= 11 is 0. The Kier molecular flexibility index (Phi) is 4.38. The highest BCUT2D eigenvalue weighted by molar-refractivity contribution is 6.06. The fourth-order valence-corrected chi connectivity index (χ4v) is 2.11. The van der Waals surface area contributed by atoms with Crippen LogP contribution in [0.25, 0.3) is 6.08 Å². The van der Waals surface area contributed by atoms with Gasteiger partial charge in [-0.2, -0.15) is 0 Å². The summed E-state index contributed by atoms with van der Waals surface area (Å²) in [5, 5.41) is 15.5. The van der Waals surface area contributed by atoms with Crippen LogP contribution in [0.5, 0.6) is 0 Å². The fraction of sp³-hybridized carbons (Fsp3) is 0.333. The van der Waals surface area contributed by atoms with Gasteiger partial charge in [-0.1, -0.05) is 41.5 Å². The van der Waals surface area contributed by atoms with Crippen molar-refractivity contribution in [2.45, 2.75) is 27.7 Å². The zero-order valence-corrected chi connectivity index (χ0v) is 11.0. The van der Waals surface area contributed by atoms with E-state index in [2.05, 4.69) is 25.1 Å². The van der Waals surface area contributed by atoms with Gasteiger partial charge in [0.25, 0.3) is 0 Å². The third kappa shape index (κ3) is 3.66. The molecule has 0 aromatic heterocycles. The highest BCUT2D eigenvalue weighted by atomic mass is 14.5. The van der Waals surface area contributed by atoms with Crippen LogP contribution < -0.4 is 0 Å². The van der Waals surface area contributed by atoms with Gasteiger partial charge in [0.1, 0.15) is 0 Å². The number of allylic oxidation sites excluding steroid dienone is 1. The average molecular weight is 228 g/mol. The normalized spacial score (nSPS) is 13.3. The fourth-order valence-electron chi connectivity index (χ4n) is 2.11. The maximum atomic E-state index is 7.74. The van der Waals surface area contributed by atoms with Crippen molar-refractivity contribution in [2.24, 2.45) is 5.92 Å². The lowest BCUT2D eigenvalue weighted by atomic mass is 9.90. The third-order valence-electron chi connectivity index (χ3n) is 2.76. The molecule has 17 heavy (non-hydrogen) atoms. The predicted molar refractivity (Wildman–Crippen MR) is 75.1 cm³/mol. The number of hydrogen-bond donors (Lipinski definition) is 2. The first-order chi connectivity index (χ1) is 7.91.